The second-order valence-electron chi connectivity index (χ2n) is 5.39. The number of carbonyl (C=O) groups excluding carboxylic acids is 1. The van der Waals surface area contributed by atoms with Crippen molar-refractivity contribution in [3.05, 3.63) is 40.4 Å². The van der Waals surface area contributed by atoms with Gasteiger partial charge in [0.25, 0.3) is 0 Å². The van der Waals surface area contributed by atoms with Crippen molar-refractivity contribution in [1.82, 2.24) is 4.98 Å². The SMILES string of the molecule is N#Cc1c(NC(=O)CSc2ccccn2)sc2c1CCCCC2. The summed E-state index contributed by atoms with van der Waals surface area (Å²) in [5, 5.41) is 13.9. The lowest BCUT2D eigenvalue weighted by Crippen LogP contribution is -2.14. The molecule has 118 valence electrons. The zero-order chi connectivity index (χ0) is 16.1. The largest absolute Gasteiger partial charge is 0.316 e. The molecule has 3 rings (SSSR count). The van der Waals surface area contributed by atoms with Crippen molar-refractivity contribution in [1.29, 1.82) is 5.26 Å². The van der Waals surface area contributed by atoms with Crippen LogP contribution < -0.4 is 5.32 Å². The van der Waals surface area contributed by atoms with Gasteiger partial charge in [0.05, 0.1) is 16.3 Å². The van der Waals surface area contributed by atoms with E-state index in [0.717, 1.165) is 29.9 Å². The number of nitriles is 1. The number of rotatable bonds is 4. The number of carbonyl (C=O) groups is 1. The van der Waals surface area contributed by atoms with Crippen LogP contribution in [0.5, 0.6) is 0 Å². The number of anilines is 1. The average Bonchev–Trinajstić information content (AvgIpc) is 2.74. The maximum Gasteiger partial charge on any atom is 0.235 e. The van der Waals surface area contributed by atoms with E-state index in [1.54, 1.807) is 17.5 Å². The number of aryl methyl sites for hydroxylation is 1. The smallest absolute Gasteiger partial charge is 0.235 e. The standard InChI is InChI=1S/C17H17N3OS2/c18-10-13-12-6-2-1-3-7-14(12)23-17(13)20-15(21)11-22-16-8-4-5-9-19-16/h4-5,8-9H,1-3,6-7,11H2,(H,20,21). The van der Waals surface area contributed by atoms with Gasteiger partial charge in [0.1, 0.15) is 11.1 Å². The molecule has 0 fully saturated rings. The van der Waals surface area contributed by atoms with Gasteiger partial charge in [0, 0.05) is 11.1 Å². The summed E-state index contributed by atoms with van der Waals surface area (Å²) in [6.45, 7) is 0. The van der Waals surface area contributed by atoms with Crippen LogP contribution >= 0.6 is 23.1 Å². The molecule has 0 spiro atoms. The number of thiophene rings is 1. The van der Waals surface area contributed by atoms with Crippen LogP contribution in [0.1, 0.15) is 35.3 Å². The third-order valence-corrected chi connectivity index (χ3v) is 5.93. The normalized spacial score (nSPS) is 13.7. The minimum Gasteiger partial charge on any atom is -0.316 e. The van der Waals surface area contributed by atoms with E-state index in [2.05, 4.69) is 16.4 Å². The molecule has 1 N–H and O–H groups in total. The van der Waals surface area contributed by atoms with E-state index < -0.39 is 0 Å². The topological polar surface area (TPSA) is 65.8 Å². The molecule has 6 heteroatoms. The summed E-state index contributed by atoms with van der Waals surface area (Å²) in [7, 11) is 0. The first kappa shape index (κ1) is 16.0. The first-order chi connectivity index (χ1) is 11.3. The number of aromatic nitrogens is 1. The van der Waals surface area contributed by atoms with Gasteiger partial charge < -0.3 is 5.32 Å². The Labute approximate surface area is 143 Å². The number of amides is 1. The summed E-state index contributed by atoms with van der Waals surface area (Å²) in [5.41, 5.74) is 1.82. The molecule has 4 nitrogen and oxygen atoms in total. The van der Waals surface area contributed by atoms with E-state index in [1.165, 1.54) is 29.5 Å². The van der Waals surface area contributed by atoms with Crippen LogP contribution in [0.25, 0.3) is 0 Å². The summed E-state index contributed by atoms with van der Waals surface area (Å²) in [6.07, 6.45) is 7.20. The van der Waals surface area contributed by atoms with E-state index in [0.29, 0.717) is 16.3 Å². The van der Waals surface area contributed by atoms with Gasteiger partial charge >= 0.3 is 0 Å². The fraction of sp³-hybridized carbons (Fsp3) is 0.353. The highest BCUT2D eigenvalue weighted by molar-refractivity contribution is 7.99. The van der Waals surface area contributed by atoms with Gasteiger partial charge in [-0.15, -0.1) is 11.3 Å². The molecule has 0 aromatic carbocycles. The molecule has 0 saturated heterocycles. The van der Waals surface area contributed by atoms with E-state index >= 15 is 0 Å². The Morgan fingerprint density at radius 3 is 3.00 bits per heavy atom. The highest BCUT2D eigenvalue weighted by Gasteiger charge is 2.20. The fourth-order valence-electron chi connectivity index (χ4n) is 2.68. The minimum absolute atomic E-state index is 0.0893. The number of hydrogen-bond acceptors (Lipinski definition) is 5. The molecule has 0 atom stereocenters. The van der Waals surface area contributed by atoms with Crippen LogP contribution in [0.15, 0.2) is 29.4 Å². The van der Waals surface area contributed by atoms with Gasteiger partial charge in [-0.3, -0.25) is 4.79 Å². The Balaban J connectivity index is 1.68. The molecule has 1 amide bonds. The highest BCUT2D eigenvalue weighted by Crippen LogP contribution is 2.37. The van der Waals surface area contributed by atoms with Crippen LogP contribution in [-0.4, -0.2) is 16.6 Å². The summed E-state index contributed by atoms with van der Waals surface area (Å²) < 4.78 is 0. The van der Waals surface area contributed by atoms with Crippen molar-refractivity contribution in [2.24, 2.45) is 0 Å². The predicted molar refractivity (Wildman–Crippen MR) is 93.9 cm³/mol. The quantitative estimate of drug-likeness (QED) is 0.673. The molecule has 2 aromatic heterocycles. The van der Waals surface area contributed by atoms with Crippen molar-refractivity contribution in [2.75, 3.05) is 11.1 Å². The average molecular weight is 343 g/mol. The van der Waals surface area contributed by atoms with E-state index in [1.807, 2.05) is 18.2 Å². The molecule has 2 heterocycles. The van der Waals surface area contributed by atoms with Crippen molar-refractivity contribution in [2.45, 2.75) is 37.1 Å². The van der Waals surface area contributed by atoms with Crippen LogP contribution in [0.2, 0.25) is 0 Å². The van der Waals surface area contributed by atoms with Gasteiger partial charge in [-0.1, -0.05) is 24.2 Å². The highest BCUT2D eigenvalue weighted by atomic mass is 32.2. The molecule has 0 saturated carbocycles. The molecule has 0 radical (unpaired) electrons. The summed E-state index contributed by atoms with van der Waals surface area (Å²) in [5.74, 6) is 0.207. The first-order valence-corrected chi connectivity index (χ1v) is 9.46. The van der Waals surface area contributed by atoms with Crippen molar-refractivity contribution in [3.8, 4) is 6.07 Å². The van der Waals surface area contributed by atoms with E-state index in [-0.39, 0.29) is 5.91 Å². The minimum atomic E-state index is -0.0893. The molecule has 0 unspecified atom stereocenters. The Morgan fingerprint density at radius 2 is 2.22 bits per heavy atom. The monoisotopic (exact) mass is 343 g/mol. The van der Waals surface area contributed by atoms with Crippen LogP contribution in [0.3, 0.4) is 0 Å². The van der Waals surface area contributed by atoms with Gasteiger partial charge in [-0.25, -0.2) is 4.98 Å². The van der Waals surface area contributed by atoms with Crippen molar-refractivity contribution < 1.29 is 4.79 Å². The van der Waals surface area contributed by atoms with Gasteiger partial charge in [-0.2, -0.15) is 5.26 Å². The van der Waals surface area contributed by atoms with Gasteiger partial charge in [0.2, 0.25) is 5.91 Å². The number of nitrogens with zero attached hydrogens (tertiary/aromatic N) is 2. The zero-order valence-corrected chi connectivity index (χ0v) is 14.3. The lowest BCUT2D eigenvalue weighted by atomic mass is 10.1. The summed E-state index contributed by atoms with van der Waals surface area (Å²) in [4.78, 5) is 17.6. The Kier molecular flexibility index (Phi) is 5.31. The second-order valence-corrected chi connectivity index (χ2v) is 7.49. The van der Waals surface area contributed by atoms with E-state index in [4.69, 9.17) is 0 Å². The maximum absolute atomic E-state index is 12.2. The number of nitrogens with one attached hydrogen (secondary N) is 1. The van der Waals surface area contributed by atoms with Crippen LogP contribution in [0, 0.1) is 11.3 Å². The molecule has 1 aliphatic rings. The second kappa shape index (κ2) is 7.62. The van der Waals surface area contributed by atoms with Gasteiger partial charge in [-0.05, 0) is 43.4 Å². The maximum atomic E-state index is 12.2. The Hall–Kier alpha value is -1.84. The summed E-state index contributed by atoms with van der Waals surface area (Å²) in [6, 6.07) is 7.92. The third kappa shape index (κ3) is 3.92. The van der Waals surface area contributed by atoms with Crippen LogP contribution in [0.4, 0.5) is 5.00 Å². The molecule has 0 aliphatic heterocycles. The van der Waals surface area contributed by atoms with Crippen molar-refractivity contribution >= 4 is 34.0 Å². The Bertz CT molecular complexity index is 734. The molecule has 0 bridgehead atoms. The lowest BCUT2D eigenvalue weighted by molar-refractivity contribution is -0.113. The van der Waals surface area contributed by atoms with Crippen molar-refractivity contribution in [3.63, 3.8) is 0 Å². The first-order valence-electron chi connectivity index (χ1n) is 7.66. The number of fused-ring (bicyclic) bond motifs is 1. The molecular formula is C17H17N3OS2. The third-order valence-electron chi connectivity index (χ3n) is 3.77. The van der Waals surface area contributed by atoms with E-state index in [9.17, 15) is 10.1 Å². The fourth-order valence-corrected chi connectivity index (χ4v) is 4.60. The van der Waals surface area contributed by atoms with Crippen LogP contribution in [-0.2, 0) is 17.6 Å². The number of pyridine rings is 1. The molecule has 1 aliphatic carbocycles. The van der Waals surface area contributed by atoms with Gasteiger partial charge in [0.15, 0.2) is 0 Å². The molecule has 23 heavy (non-hydrogen) atoms. The number of thioether (sulfide) groups is 1. The molecule has 2 aromatic rings. The Morgan fingerprint density at radius 1 is 1.35 bits per heavy atom. The summed E-state index contributed by atoms with van der Waals surface area (Å²) >= 11 is 2.97. The number of hydrogen-bond donors (Lipinski definition) is 1. The predicted octanol–water partition coefficient (Wildman–Crippen LogP) is 4.01. The zero-order valence-electron chi connectivity index (χ0n) is 12.7. The molecular weight excluding hydrogens is 326 g/mol. The lowest BCUT2D eigenvalue weighted by Gasteiger charge is -2.04.